The maximum atomic E-state index is 11.4. The Balaban J connectivity index is 0.000000254. The maximum absolute atomic E-state index is 11.4. The van der Waals surface area contributed by atoms with E-state index in [1.165, 1.54) is 24.8 Å². The zero-order chi connectivity index (χ0) is 22.2. The van der Waals surface area contributed by atoms with E-state index in [0.717, 1.165) is 18.5 Å². The number of carboxylic acid groups (broad SMARTS) is 1. The van der Waals surface area contributed by atoms with Gasteiger partial charge >= 0.3 is 5.97 Å². The summed E-state index contributed by atoms with van der Waals surface area (Å²) < 4.78 is 12.1. The fourth-order valence-electron chi connectivity index (χ4n) is 3.72. The van der Waals surface area contributed by atoms with Gasteiger partial charge in [-0.1, -0.05) is 49.6 Å². The molecule has 0 unspecified atom stereocenters. The van der Waals surface area contributed by atoms with Crippen LogP contribution >= 0.6 is 0 Å². The number of carbonyl (C=O) groups is 1. The third-order valence-corrected chi connectivity index (χ3v) is 5.19. The largest absolute Gasteiger partial charge is 0.477 e. The van der Waals surface area contributed by atoms with Crippen molar-refractivity contribution in [1.82, 2.24) is 14.4 Å². The lowest BCUT2D eigenvalue weighted by molar-refractivity contribution is 0.0688. The molecule has 0 radical (unpaired) electrons. The van der Waals surface area contributed by atoms with Crippen LogP contribution in [0.5, 0.6) is 5.88 Å². The smallest absolute Gasteiger partial charge is 0.342 e. The molecule has 1 saturated carbocycles. The lowest BCUT2D eigenvalue weighted by Gasteiger charge is -2.19. The average molecular weight is 426 g/mol. The normalized spacial score (nSPS) is 14.3. The minimum atomic E-state index is -1.04. The quantitative estimate of drug-likeness (QED) is 0.592. The fourth-order valence-corrected chi connectivity index (χ4v) is 3.72. The highest BCUT2D eigenvalue weighted by Gasteiger charge is 2.21. The molecule has 0 bridgehead atoms. The molecule has 166 valence electrons. The SMILES string of the molecule is CC(C)Oc1nc2nc(C3CCCCC3)cn2cc1C(=O)O.COCc1ccccc1. The molecule has 0 atom stereocenters. The molecule has 1 fully saturated rings. The van der Waals surface area contributed by atoms with Crippen LogP contribution < -0.4 is 4.74 Å². The molecule has 1 N–H and O–H groups in total. The van der Waals surface area contributed by atoms with Crippen molar-refractivity contribution < 1.29 is 19.4 Å². The first-order chi connectivity index (χ1) is 15.0. The predicted molar refractivity (Wildman–Crippen MR) is 119 cm³/mol. The second-order valence-corrected chi connectivity index (χ2v) is 8.06. The molecular weight excluding hydrogens is 394 g/mol. The van der Waals surface area contributed by atoms with Crippen molar-refractivity contribution in [2.24, 2.45) is 0 Å². The number of carboxylic acids is 1. The van der Waals surface area contributed by atoms with E-state index < -0.39 is 5.97 Å². The van der Waals surface area contributed by atoms with Crippen molar-refractivity contribution >= 4 is 11.7 Å². The number of benzene rings is 1. The summed E-state index contributed by atoms with van der Waals surface area (Å²) in [6.07, 6.45) is 9.35. The Morgan fingerprint density at radius 3 is 2.45 bits per heavy atom. The first kappa shape index (κ1) is 22.7. The Hall–Kier alpha value is -2.93. The molecule has 4 rings (SSSR count). The molecule has 1 aromatic carbocycles. The van der Waals surface area contributed by atoms with E-state index in [1.807, 2.05) is 50.4 Å². The van der Waals surface area contributed by atoms with Gasteiger partial charge in [-0.2, -0.15) is 4.98 Å². The highest BCUT2D eigenvalue weighted by Crippen LogP contribution is 2.32. The van der Waals surface area contributed by atoms with E-state index >= 15 is 0 Å². The molecule has 7 nitrogen and oxygen atoms in total. The molecule has 1 aliphatic carbocycles. The summed E-state index contributed by atoms with van der Waals surface area (Å²) >= 11 is 0. The van der Waals surface area contributed by atoms with Crippen molar-refractivity contribution in [2.75, 3.05) is 7.11 Å². The molecular formula is C24H31N3O4. The molecule has 0 saturated heterocycles. The van der Waals surface area contributed by atoms with Gasteiger partial charge in [0, 0.05) is 25.4 Å². The number of hydrogen-bond acceptors (Lipinski definition) is 5. The second-order valence-electron chi connectivity index (χ2n) is 8.06. The zero-order valence-corrected chi connectivity index (χ0v) is 18.5. The van der Waals surface area contributed by atoms with E-state index in [1.54, 1.807) is 17.7 Å². The predicted octanol–water partition coefficient (Wildman–Crippen LogP) is 5.10. The van der Waals surface area contributed by atoms with Crippen LogP contribution in [0.15, 0.2) is 42.7 Å². The van der Waals surface area contributed by atoms with Crippen molar-refractivity contribution in [3.8, 4) is 5.88 Å². The molecule has 0 spiro atoms. The van der Waals surface area contributed by atoms with E-state index in [9.17, 15) is 9.90 Å². The maximum Gasteiger partial charge on any atom is 0.342 e. The highest BCUT2D eigenvalue weighted by molar-refractivity contribution is 5.90. The van der Waals surface area contributed by atoms with Gasteiger partial charge in [0.15, 0.2) is 0 Å². The second kappa shape index (κ2) is 10.9. The van der Waals surface area contributed by atoms with Gasteiger partial charge in [-0.3, -0.25) is 4.40 Å². The molecule has 2 heterocycles. The van der Waals surface area contributed by atoms with E-state index in [-0.39, 0.29) is 17.5 Å². The first-order valence-corrected chi connectivity index (χ1v) is 10.8. The zero-order valence-electron chi connectivity index (χ0n) is 18.5. The molecule has 1 aliphatic rings. The van der Waals surface area contributed by atoms with Crippen LogP contribution in [0.3, 0.4) is 0 Å². The van der Waals surface area contributed by atoms with Gasteiger partial charge in [0.05, 0.1) is 18.4 Å². The Morgan fingerprint density at radius 1 is 1.13 bits per heavy atom. The van der Waals surface area contributed by atoms with Crippen LogP contribution in [0.1, 0.15) is 73.5 Å². The van der Waals surface area contributed by atoms with E-state index in [2.05, 4.69) is 9.97 Å². The molecule has 31 heavy (non-hydrogen) atoms. The molecule has 7 heteroatoms. The highest BCUT2D eigenvalue weighted by atomic mass is 16.5. The van der Waals surface area contributed by atoms with Crippen LogP contribution in [-0.4, -0.2) is 38.7 Å². The van der Waals surface area contributed by atoms with E-state index in [0.29, 0.717) is 18.3 Å². The standard InChI is InChI=1S/C16H21N3O3.C8H10O/c1-10(2)22-14-12(15(20)21)8-19-9-13(17-16(19)18-14)11-6-4-3-5-7-11;1-9-7-8-5-3-2-4-6-8/h8-11H,3-7H2,1-2H3,(H,20,21);2-6H,7H2,1H3. The minimum absolute atomic E-state index is 0.0637. The van der Waals surface area contributed by atoms with Crippen molar-refractivity contribution in [2.45, 2.75) is 64.6 Å². The van der Waals surface area contributed by atoms with Crippen LogP contribution in [0.4, 0.5) is 0 Å². The third-order valence-electron chi connectivity index (χ3n) is 5.19. The number of hydrogen-bond donors (Lipinski definition) is 1. The number of methoxy groups -OCH3 is 1. The summed E-state index contributed by atoms with van der Waals surface area (Å²) in [5.74, 6) is 0.0492. The lowest BCUT2D eigenvalue weighted by atomic mass is 9.87. The number of nitrogens with zero attached hydrogens (tertiary/aromatic N) is 3. The van der Waals surface area contributed by atoms with E-state index in [4.69, 9.17) is 9.47 Å². The monoisotopic (exact) mass is 425 g/mol. The summed E-state index contributed by atoms with van der Waals surface area (Å²) in [5.41, 5.74) is 2.29. The molecule has 3 aromatic rings. The number of ether oxygens (including phenoxy) is 2. The van der Waals surface area contributed by atoms with Crippen LogP contribution in [0, 0.1) is 0 Å². The Bertz CT molecular complexity index is 979. The van der Waals surface area contributed by atoms with Crippen molar-refractivity contribution in [3.63, 3.8) is 0 Å². The number of imidazole rings is 1. The molecule has 0 amide bonds. The Kier molecular flexibility index (Phi) is 8.00. The summed E-state index contributed by atoms with van der Waals surface area (Å²) in [7, 11) is 1.70. The van der Waals surface area contributed by atoms with Gasteiger partial charge in [-0.05, 0) is 32.3 Å². The Morgan fingerprint density at radius 2 is 1.84 bits per heavy atom. The van der Waals surface area contributed by atoms with Gasteiger partial charge in [0.1, 0.15) is 5.56 Å². The number of fused-ring (bicyclic) bond motifs is 1. The van der Waals surface area contributed by atoms with Crippen LogP contribution in [-0.2, 0) is 11.3 Å². The van der Waals surface area contributed by atoms with Crippen LogP contribution in [0.2, 0.25) is 0 Å². The Labute approximate surface area is 183 Å². The van der Waals surface area contributed by atoms with Gasteiger partial charge < -0.3 is 14.6 Å². The van der Waals surface area contributed by atoms with Crippen molar-refractivity contribution in [3.05, 3.63) is 59.5 Å². The number of aromatic carboxylic acids is 1. The van der Waals surface area contributed by atoms with Gasteiger partial charge in [0.2, 0.25) is 11.7 Å². The summed E-state index contributed by atoms with van der Waals surface area (Å²) in [6, 6.07) is 10.1. The minimum Gasteiger partial charge on any atom is -0.477 e. The van der Waals surface area contributed by atoms with Crippen molar-refractivity contribution in [1.29, 1.82) is 0 Å². The van der Waals surface area contributed by atoms with Gasteiger partial charge in [-0.15, -0.1) is 0 Å². The molecule has 2 aromatic heterocycles. The van der Waals surface area contributed by atoms with Crippen LogP contribution in [0.25, 0.3) is 5.78 Å². The summed E-state index contributed by atoms with van der Waals surface area (Å²) in [6.45, 7) is 4.40. The summed E-state index contributed by atoms with van der Waals surface area (Å²) in [4.78, 5) is 20.3. The topological polar surface area (TPSA) is 86.0 Å². The summed E-state index contributed by atoms with van der Waals surface area (Å²) in [5, 5.41) is 9.34. The average Bonchev–Trinajstić information content (AvgIpc) is 3.18. The van der Waals surface area contributed by atoms with Gasteiger partial charge in [0.25, 0.3) is 0 Å². The van der Waals surface area contributed by atoms with Gasteiger partial charge in [-0.25, -0.2) is 9.78 Å². The lowest BCUT2D eigenvalue weighted by Crippen LogP contribution is -2.12. The third kappa shape index (κ3) is 6.28. The first-order valence-electron chi connectivity index (χ1n) is 10.8. The number of rotatable bonds is 6. The number of aromatic nitrogens is 3. The fraction of sp³-hybridized carbons (Fsp3) is 0.458. The molecule has 0 aliphatic heterocycles.